The topological polar surface area (TPSA) is 207 Å². The van der Waals surface area contributed by atoms with Crippen LogP contribution in [0, 0.1) is 0 Å². The van der Waals surface area contributed by atoms with Gasteiger partial charge in [-0.15, -0.1) is 0 Å². The van der Waals surface area contributed by atoms with Crippen molar-refractivity contribution in [2.24, 2.45) is 5.73 Å². The molecule has 0 aliphatic rings. The number of hydrogen-bond acceptors (Lipinski definition) is 7. The lowest BCUT2D eigenvalue weighted by molar-refractivity contribution is -0.144. The van der Waals surface area contributed by atoms with Crippen LogP contribution in [0.15, 0.2) is 30.5 Å². The number of aliphatic carboxylic acids is 1. The van der Waals surface area contributed by atoms with Gasteiger partial charge < -0.3 is 42.0 Å². The molecule has 0 saturated carbocycles. The second-order valence-electron chi connectivity index (χ2n) is 7.71. The normalized spacial score (nSPS) is 15.7. The molecular weight excluding hydrogens is 434 g/mol. The third-order valence-corrected chi connectivity index (χ3v) is 5.06. The summed E-state index contributed by atoms with van der Waals surface area (Å²) in [5.74, 6) is -3.87. The maximum atomic E-state index is 12.5. The van der Waals surface area contributed by atoms with Crippen molar-refractivity contribution in [1.29, 1.82) is 0 Å². The fourth-order valence-electron chi connectivity index (χ4n) is 3.15. The minimum atomic E-state index is -1.60. The maximum Gasteiger partial charge on any atom is 0.328 e. The van der Waals surface area contributed by atoms with Crippen LogP contribution in [-0.2, 0) is 25.6 Å². The fraction of sp³-hybridized carbons (Fsp3) is 0.429. The average molecular weight is 463 g/mol. The molecule has 3 amide bonds. The zero-order chi connectivity index (χ0) is 24.7. The quantitative estimate of drug-likeness (QED) is 0.186. The molecule has 9 N–H and O–H groups in total. The molecule has 33 heavy (non-hydrogen) atoms. The highest BCUT2D eigenvalue weighted by Gasteiger charge is 2.31. The number of aromatic nitrogens is 1. The van der Waals surface area contributed by atoms with E-state index in [1.165, 1.54) is 13.8 Å². The molecule has 0 saturated heterocycles. The van der Waals surface area contributed by atoms with Crippen molar-refractivity contribution in [2.75, 3.05) is 6.61 Å². The number of para-hydroxylation sites is 1. The molecule has 0 fully saturated rings. The van der Waals surface area contributed by atoms with Crippen LogP contribution in [0.25, 0.3) is 10.9 Å². The Kier molecular flexibility index (Phi) is 8.91. The predicted octanol–water partition coefficient (Wildman–Crippen LogP) is -2.03. The number of carboxylic acid groups (broad SMARTS) is 1. The van der Waals surface area contributed by atoms with Gasteiger partial charge in [0, 0.05) is 17.1 Å². The zero-order valence-electron chi connectivity index (χ0n) is 18.2. The Labute approximate surface area is 189 Å². The molecule has 5 atom stereocenters. The fourth-order valence-corrected chi connectivity index (χ4v) is 3.15. The van der Waals surface area contributed by atoms with Gasteiger partial charge in [-0.05, 0) is 31.9 Å². The predicted molar refractivity (Wildman–Crippen MR) is 118 cm³/mol. The average Bonchev–Trinajstić information content (AvgIpc) is 3.17. The van der Waals surface area contributed by atoms with Crippen LogP contribution in [0.5, 0.6) is 0 Å². The summed E-state index contributed by atoms with van der Waals surface area (Å²) in [5, 5.41) is 35.5. The van der Waals surface area contributed by atoms with Gasteiger partial charge in [0.15, 0.2) is 0 Å². The Hall–Kier alpha value is -3.48. The van der Waals surface area contributed by atoms with E-state index in [-0.39, 0.29) is 6.42 Å². The SMILES string of the molecule is CC(NC(=O)C(N)Cc1c[nH]c2ccccc12)C(=O)NC(C(=O)NC(CO)C(=O)O)C(C)O. The third-order valence-electron chi connectivity index (χ3n) is 5.06. The molecule has 0 aliphatic heterocycles. The summed E-state index contributed by atoms with van der Waals surface area (Å²) in [6.45, 7) is 1.72. The lowest BCUT2D eigenvalue weighted by Gasteiger charge is -2.25. The van der Waals surface area contributed by atoms with E-state index in [1.807, 2.05) is 29.6 Å². The molecular formula is C21H29N5O7. The van der Waals surface area contributed by atoms with Crippen molar-refractivity contribution < 1.29 is 34.5 Å². The monoisotopic (exact) mass is 463 g/mol. The summed E-state index contributed by atoms with van der Waals surface area (Å²) >= 11 is 0. The molecule has 5 unspecified atom stereocenters. The summed E-state index contributed by atoms with van der Waals surface area (Å²) in [4.78, 5) is 51.3. The van der Waals surface area contributed by atoms with Gasteiger partial charge >= 0.3 is 5.97 Å². The molecule has 2 rings (SSSR count). The molecule has 180 valence electrons. The minimum Gasteiger partial charge on any atom is -0.480 e. The number of carbonyl (C=O) groups excluding carboxylic acids is 3. The van der Waals surface area contributed by atoms with Crippen LogP contribution in [0.2, 0.25) is 0 Å². The molecule has 12 heteroatoms. The number of amides is 3. The number of benzene rings is 1. The number of rotatable bonds is 11. The van der Waals surface area contributed by atoms with Crippen molar-refractivity contribution in [1.82, 2.24) is 20.9 Å². The van der Waals surface area contributed by atoms with Gasteiger partial charge in [-0.25, -0.2) is 4.79 Å². The van der Waals surface area contributed by atoms with E-state index in [1.54, 1.807) is 6.20 Å². The number of aromatic amines is 1. The molecule has 1 aromatic heterocycles. The molecule has 2 aromatic rings. The smallest absolute Gasteiger partial charge is 0.328 e. The van der Waals surface area contributed by atoms with Crippen LogP contribution >= 0.6 is 0 Å². The summed E-state index contributed by atoms with van der Waals surface area (Å²) in [7, 11) is 0. The highest BCUT2D eigenvalue weighted by molar-refractivity contribution is 5.94. The molecule has 0 spiro atoms. The van der Waals surface area contributed by atoms with Gasteiger partial charge in [-0.1, -0.05) is 18.2 Å². The Morgan fingerprint density at radius 1 is 1.03 bits per heavy atom. The third kappa shape index (κ3) is 6.75. The van der Waals surface area contributed by atoms with E-state index in [0.717, 1.165) is 16.5 Å². The van der Waals surface area contributed by atoms with Crippen LogP contribution in [-0.4, -0.2) is 80.9 Å². The van der Waals surface area contributed by atoms with Crippen molar-refractivity contribution in [3.8, 4) is 0 Å². The molecule has 1 heterocycles. The lowest BCUT2D eigenvalue weighted by atomic mass is 10.0. The number of carbonyl (C=O) groups is 4. The van der Waals surface area contributed by atoms with Crippen molar-refractivity contribution in [3.05, 3.63) is 36.0 Å². The van der Waals surface area contributed by atoms with E-state index in [4.69, 9.17) is 15.9 Å². The number of carboxylic acids is 1. The highest BCUT2D eigenvalue weighted by Crippen LogP contribution is 2.18. The first-order chi connectivity index (χ1) is 15.5. The number of nitrogens with two attached hydrogens (primary N) is 1. The van der Waals surface area contributed by atoms with E-state index in [0.29, 0.717) is 0 Å². The van der Waals surface area contributed by atoms with Gasteiger partial charge in [0.1, 0.15) is 18.1 Å². The Morgan fingerprint density at radius 2 is 1.70 bits per heavy atom. The highest BCUT2D eigenvalue weighted by atomic mass is 16.4. The van der Waals surface area contributed by atoms with Gasteiger partial charge in [0.05, 0.1) is 18.8 Å². The number of nitrogens with one attached hydrogen (secondary N) is 4. The van der Waals surface area contributed by atoms with E-state index in [9.17, 15) is 24.3 Å². The van der Waals surface area contributed by atoms with E-state index >= 15 is 0 Å². The zero-order valence-corrected chi connectivity index (χ0v) is 18.2. The summed E-state index contributed by atoms with van der Waals surface area (Å²) in [5.41, 5.74) is 7.75. The van der Waals surface area contributed by atoms with Crippen molar-refractivity contribution in [3.63, 3.8) is 0 Å². The molecule has 1 aromatic carbocycles. The van der Waals surface area contributed by atoms with Crippen LogP contribution in [0.1, 0.15) is 19.4 Å². The lowest BCUT2D eigenvalue weighted by Crippen LogP contribution is -2.59. The number of hydrogen-bond donors (Lipinski definition) is 8. The van der Waals surface area contributed by atoms with Crippen molar-refractivity contribution >= 4 is 34.6 Å². The molecule has 12 nitrogen and oxygen atoms in total. The molecule has 0 bridgehead atoms. The standard InChI is InChI=1S/C21H29N5O7/c1-10(18(29)26-17(11(2)28)20(31)25-16(9-27)21(32)33)24-19(30)14(22)7-12-8-23-15-6-4-3-5-13(12)15/h3-6,8,10-11,14,16-17,23,27-28H,7,9,22H2,1-2H3,(H,24,30)(H,25,31)(H,26,29)(H,32,33). The van der Waals surface area contributed by atoms with Crippen LogP contribution in [0.3, 0.4) is 0 Å². The van der Waals surface area contributed by atoms with E-state index < -0.39 is 60.6 Å². The Balaban J connectivity index is 1.96. The molecule has 0 aliphatic carbocycles. The second kappa shape index (κ2) is 11.4. The van der Waals surface area contributed by atoms with Gasteiger partial charge in [-0.2, -0.15) is 0 Å². The summed E-state index contributed by atoms with van der Waals surface area (Å²) < 4.78 is 0. The largest absolute Gasteiger partial charge is 0.480 e. The van der Waals surface area contributed by atoms with Crippen molar-refractivity contribution in [2.45, 2.75) is 50.5 Å². The Morgan fingerprint density at radius 3 is 2.30 bits per heavy atom. The first-order valence-corrected chi connectivity index (χ1v) is 10.3. The molecule has 0 radical (unpaired) electrons. The van der Waals surface area contributed by atoms with Crippen LogP contribution < -0.4 is 21.7 Å². The maximum absolute atomic E-state index is 12.5. The van der Waals surface area contributed by atoms with Gasteiger partial charge in [-0.3, -0.25) is 14.4 Å². The second-order valence-corrected chi connectivity index (χ2v) is 7.71. The minimum absolute atomic E-state index is 0.223. The van der Waals surface area contributed by atoms with Crippen LogP contribution in [0.4, 0.5) is 0 Å². The first kappa shape index (κ1) is 25.8. The Bertz CT molecular complexity index is 1010. The summed E-state index contributed by atoms with van der Waals surface area (Å²) in [6.07, 6.45) is 0.603. The number of H-pyrrole nitrogens is 1. The van der Waals surface area contributed by atoms with E-state index in [2.05, 4.69) is 15.6 Å². The van der Waals surface area contributed by atoms with Gasteiger partial charge in [0.25, 0.3) is 0 Å². The number of aliphatic hydroxyl groups excluding tert-OH is 2. The van der Waals surface area contributed by atoms with Gasteiger partial charge in [0.2, 0.25) is 17.7 Å². The summed E-state index contributed by atoms with van der Waals surface area (Å²) in [6, 6.07) is 2.37. The first-order valence-electron chi connectivity index (χ1n) is 10.3. The number of aliphatic hydroxyl groups is 2. The number of fused-ring (bicyclic) bond motifs is 1.